The molecule has 0 atom stereocenters. The standard InChI is InChI=1S/C49H34N2O/c1-49(2)42-19-11-9-17-38(42)40-29-34(21-23-43(40)49)44-30-45(51-48(50-44)32-15-7-4-8-16-32)37-26-35(31-13-5-3-6-14-31)25-36(27-37)33-22-24-47-41(28-33)39-18-10-12-20-46(39)52-47/h3-30H,1-2H3. The van der Waals surface area contributed by atoms with Crippen LogP contribution in [0.4, 0.5) is 0 Å². The summed E-state index contributed by atoms with van der Waals surface area (Å²) in [5.74, 6) is 0.701. The average Bonchev–Trinajstić information content (AvgIpc) is 3.69. The highest BCUT2D eigenvalue weighted by molar-refractivity contribution is 6.06. The lowest BCUT2D eigenvalue weighted by atomic mass is 9.82. The third-order valence-corrected chi connectivity index (χ3v) is 10.7. The normalized spacial score (nSPS) is 13.0. The van der Waals surface area contributed by atoms with Crippen molar-refractivity contribution in [3.63, 3.8) is 0 Å². The van der Waals surface area contributed by atoms with Gasteiger partial charge in [0.15, 0.2) is 5.82 Å². The summed E-state index contributed by atoms with van der Waals surface area (Å²) in [6.07, 6.45) is 0. The van der Waals surface area contributed by atoms with Gasteiger partial charge in [-0.2, -0.15) is 0 Å². The van der Waals surface area contributed by atoms with Crippen molar-refractivity contribution in [2.45, 2.75) is 19.3 Å². The van der Waals surface area contributed by atoms with Crippen LogP contribution < -0.4 is 0 Å². The highest BCUT2D eigenvalue weighted by atomic mass is 16.3. The van der Waals surface area contributed by atoms with E-state index in [1.807, 2.05) is 30.3 Å². The fourth-order valence-corrected chi connectivity index (χ4v) is 7.98. The van der Waals surface area contributed by atoms with Crippen LogP contribution in [0.2, 0.25) is 0 Å². The van der Waals surface area contributed by atoms with Gasteiger partial charge in [-0.05, 0) is 93.0 Å². The third kappa shape index (κ3) is 4.97. The van der Waals surface area contributed by atoms with Crippen LogP contribution in [0.25, 0.3) is 89.2 Å². The minimum absolute atomic E-state index is 0.0590. The summed E-state index contributed by atoms with van der Waals surface area (Å²) in [5, 5.41) is 2.23. The molecule has 0 aliphatic heterocycles. The smallest absolute Gasteiger partial charge is 0.160 e. The van der Waals surface area contributed by atoms with Gasteiger partial charge >= 0.3 is 0 Å². The summed E-state index contributed by atoms with van der Waals surface area (Å²) in [5.41, 5.74) is 16.4. The second kappa shape index (κ2) is 11.8. The lowest BCUT2D eigenvalue weighted by Gasteiger charge is -2.21. The first-order valence-corrected chi connectivity index (χ1v) is 17.8. The van der Waals surface area contributed by atoms with Crippen LogP contribution >= 0.6 is 0 Å². The van der Waals surface area contributed by atoms with Crippen molar-refractivity contribution in [2.24, 2.45) is 0 Å². The number of nitrogens with zero attached hydrogens (tertiary/aromatic N) is 2. The summed E-state index contributed by atoms with van der Waals surface area (Å²) in [6.45, 7) is 4.63. The van der Waals surface area contributed by atoms with Crippen molar-refractivity contribution in [1.29, 1.82) is 0 Å². The molecular weight excluding hydrogens is 633 g/mol. The molecular formula is C49H34N2O. The van der Waals surface area contributed by atoms with Gasteiger partial charge in [0.1, 0.15) is 11.2 Å². The molecule has 0 fully saturated rings. The Morgan fingerprint density at radius 3 is 1.79 bits per heavy atom. The minimum Gasteiger partial charge on any atom is -0.456 e. The van der Waals surface area contributed by atoms with E-state index in [0.717, 1.165) is 72.3 Å². The zero-order chi connectivity index (χ0) is 34.8. The van der Waals surface area contributed by atoms with Gasteiger partial charge in [0.25, 0.3) is 0 Å². The second-order valence-electron chi connectivity index (χ2n) is 14.2. The van der Waals surface area contributed by atoms with Crippen molar-refractivity contribution in [2.75, 3.05) is 0 Å². The largest absolute Gasteiger partial charge is 0.456 e. The highest BCUT2D eigenvalue weighted by Gasteiger charge is 2.35. The SMILES string of the molecule is CC1(C)c2ccccc2-c2cc(-c3cc(-c4cc(-c5ccccc5)cc(-c5ccc6oc7ccccc7c6c5)c4)nc(-c4ccccc4)n3)ccc21. The van der Waals surface area contributed by atoms with Crippen molar-refractivity contribution in [3.05, 3.63) is 181 Å². The van der Waals surface area contributed by atoms with Gasteiger partial charge in [0.2, 0.25) is 0 Å². The Kier molecular flexibility index (Phi) is 6.84. The number of aromatic nitrogens is 2. The van der Waals surface area contributed by atoms with E-state index in [1.54, 1.807) is 0 Å². The van der Waals surface area contributed by atoms with E-state index in [1.165, 1.54) is 22.3 Å². The molecule has 7 aromatic carbocycles. The van der Waals surface area contributed by atoms with E-state index in [4.69, 9.17) is 14.4 Å². The van der Waals surface area contributed by atoms with Gasteiger partial charge in [-0.3, -0.25) is 0 Å². The molecule has 0 saturated heterocycles. The average molecular weight is 667 g/mol. The van der Waals surface area contributed by atoms with E-state index in [0.29, 0.717) is 5.82 Å². The monoisotopic (exact) mass is 666 g/mol. The molecule has 2 aromatic heterocycles. The minimum atomic E-state index is -0.0590. The first-order chi connectivity index (χ1) is 25.5. The Labute approximate surface area is 302 Å². The van der Waals surface area contributed by atoms with Crippen LogP contribution in [-0.4, -0.2) is 9.97 Å². The molecule has 0 radical (unpaired) electrons. The van der Waals surface area contributed by atoms with Crippen LogP contribution in [0.3, 0.4) is 0 Å². The van der Waals surface area contributed by atoms with Gasteiger partial charge in [-0.15, -0.1) is 0 Å². The number of hydrogen-bond acceptors (Lipinski definition) is 3. The van der Waals surface area contributed by atoms with Gasteiger partial charge < -0.3 is 4.42 Å². The summed E-state index contributed by atoms with van der Waals surface area (Å²) < 4.78 is 6.18. The van der Waals surface area contributed by atoms with Gasteiger partial charge in [-0.25, -0.2) is 9.97 Å². The first-order valence-electron chi connectivity index (χ1n) is 17.8. The molecule has 0 N–H and O–H groups in total. The van der Waals surface area contributed by atoms with Crippen molar-refractivity contribution in [1.82, 2.24) is 9.97 Å². The predicted molar refractivity (Wildman–Crippen MR) is 214 cm³/mol. The molecule has 0 unspecified atom stereocenters. The summed E-state index contributed by atoms with van der Waals surface area (Å²) in [6, 6.07) is 60.2. The zero-order valence-electron chi connectivity index (χ0n) is 29.0. The van der Waals surface area contributed by atoms with E-state index in [2.05, 4.69) is 153 Å². The first kappa shape index (κ1) is 30.3. The van der Waals surface area contributed by atoms with Crippen LogP contribution in [0.15, 0.2) is 174 Å². The van der Waals surface area contributed by atoms with Crippen molar-refractivity contribution < 1.29 is 4.42 Å². The molecule has 0 bridgehead atoms. The summed E-state index contributed by atoms with van der Waals surface area (Å²) in [4.78, 5) is 10.5. The lowest BCUT2D eigenvalue weighted by molar-refractivity contribution is 0.660. The number of para-hydroxylation sites is 1. The molecule has 1 aliphatic carbocycles. The maximum Gasteiger partial charge on any atom is 0.160 e. The van der Waals surface area contributed by atoms with Crippen LogP contribution in [0.5, 0.6) is 0 Å². The van der Waals surface area contributed by atoms with Crippen molar-refractivity contribution >= 4 is 21.9 Å². The predicted octanol–water partition coefficient (Wildman–Crippen LogP) is 13.0. The van der Waals surface area contributed by atoms with E-state index in [-0.39, 0.29) is 5.41 Å². The van der Waals surface area contributed by atoms with Crippen LogP contribution in [-0.2, 0) is 5.41 Å². The number of fused-ring (bicyclic) bond motifs is 6. The number of rotatable bonds is 5. The number of furan rings is 1. The molecule has 2 heterocycles. The summed E-state index contributed by atoms with van der Waals surface area (Å²) >= 11 is 0. The fourth-order valence-electron chi connectivity index (χ4n) is 7.98. The molecule has 3 heteroatoms. The van der Waals surface area contributed by atoms with Crippen LogP contribution in [0.1, 0.15) is 25.0 Å². The zero-order valence-corrected chi connectivity index (χ0v) is 29.0. The Hall–Kier alpha value is -6.58. The van der Waals surface area contributed by atoms with E-state index < -0.39 is 0 Å². The fraction of sp³-hybridized carbons (Fsp3) is 0.0612. The maximum atomic E-state index is 6.18. The Morgan fingerprint density at radius 2 is 0.981 bits per heavy atom. The van der Waals surface area contributed by atoms with Gasteiger partial charge in [-0.1, -0.05) is 135 Å². The third-order valence-electron chi connectivity index (χ3n) is 10.7. The van der Waals surface area contributed by atoms with E-state index >= 15 is 0 Å². The molecule has 0 amide bonds. The highest BCUT2D eigenvalue weighted by Crippen LogP contribution is 2.49. The Balaban J connectivity index is 1.18. The topological polar surface area (TPSA) is 38.9 Å². The molecule has 1 aliphatic rings. The lowest BCUT2D eigenvalue weighted by Crippen LogP contribution is -2.14. The quantitative estimate of drug-likeness (QED) is 0.183. The molecule has 10 rings (SSSR count). The van der Waals surface area contributed by atoms with Gasteiger partial charge in [0, 0.05) is 32.9 Å². The second-order valence-corrected chi connectivity index (χ2v) is 14.2. The molecule has 3 nitrogen and oxygen atoms in total. The Morgan fingerprint density at radius 1 is 0.385 bits per heavy atom. The molecule has 52 heavy (non-hydrogen) atoms. The molecule has 0 spiro atoms. The molecule has 246 valence electrons. The van der Waals surface area contributed by atoms with Gasteiger partial charge in [0.05, 0.1) is 11.4 Å². The van der Waals surface area contributed by atoms with Crippen molar-refractivity contribution in [3.8, 4) is 67.3 Å². The number of benzene rings is 7. The van der Waals surface area contributed by atoms with E-state index in [9.17, 15) is 0 Å². The van der Waals surface area contributed by atoms with Crippen LogP contribution in [0, 0.1) is 0 Å². The molecule has 0 saturated carbocycles. The molecule has 9 aromatic rings. The summed E-state index contributed by atoms with van der Waals surface area (Å²) in [7, 11) is 0. The number of hydrogen-bond donors (Lipinski definition) is 0. The Bertz CT molecular complexity index is 2810. The maximum absolute atomic E-state index is 6.18.